The smallest absolute Gasteiger partial charge is 0.475 e. The first-order valence-corrected chi connectivity index (χ1v) is 10.0. The van der Waals surface area contributed by atoms with E-state index < -0.39 is 29.8 Å². The Bertz CT molecular complexity index is 729. The van der Waals surface area contributed by atoms with Gasteiger partial charge in [-0.15, -0.1) is 11.8 Å². The number of carbonyl (C=O) groups is 3. The summed E-state index contributed by atoms with van der Waals surface area (Å²) in [7, 11) is 0. The van der Waals surface area contributed by atoms with E-state index in [9.17, 15) is 31.1 Å². The van der Waals surface area contributed by atoms with Gasteiger partial charge in [0.1, 0.15) is 11.6 Å². The molecule has 3 saturated heterocycles. The lowest BCUT2D eigenvalue weighted by molar-refractivity contribution is -0.193. The topological polar surface area (TPSA) is 157 Å². The number of piperidine rings is 1. The second-order valence-corrected chi connectivity index (χ2v) is 8.23. The Kier molecular flexibility index (Phi) is 9.18. The summed E-state index contributed by atoms with van der Waals surface area (Å²) in [6.07, 6.45) is -7.53. The van der Waals surface area contributed by atoms with Gasteiger partial charge in [-0.2, -0.15) is 31.6 Å². The molecule has 1 unspecified atom stereocenters. The van der Waals surface area contributed by atoms with Crippen LogP contribution in [0.15, 0.2) is 0 Å². The van der Waals surface area contributed by atoms with Crippen molar-refractivity contribution >= 4 is 29.6 Å². The Balaban J connectivity index is 0.000000305. The van der Waals surface area contributed by atoms with Crippen molar-refractivity contribution in [2.45, 2.75) is 48.6 Å². The summed E-state index contributed by atoms with van der Waals surface area (Å²) in [5.74, 6) is -4.51. The van der Waals surface area contributed by atoms with E-state index in [0.29, 0.717) is 6.42 Å². The van der Waals surface area contributed by atoms with Crippen LogP contribution in [-0.2, 0) is 14.4 Å². The first-order valence-electron chi connectivity index (χ1n) is 8.99. The van der Waals surface area contributed by atoms with Crippen LogP contribution in [0.3, 0.4) is 0 Å². The summed E-state index contributed by atoms with van der Waals surface area (Å²) in [6.45, 7) is 1.88. The number of thioether (sulfide) groups is 1. The van der Waals surface area contributed by atoms with Crippen LogP contribution in [0.4, 0.5) is 26.3 Å². The van der Waals surface area contributed by atoms with Crippen LogP contribution in [0, 0.1) is 17.2 Å². The third-order valence-corrected chi connectivity index (χ3v) is 6.23. The van der Waals surface area contributed by atoms with Crippen molar-refractivity contribution in [1.29, 1.82) is 5.26 Å². The molecule has 0 saturated carbocycles. The fourth-order valence-electron chi connectivity index (χ4n) is 3.39. The first-order chi connectivity index (χ1) is 14.6. The highest BCUT2D eigenvalue weighted by atomic mass is 32.2. The van der Waals surface area contributed by atoms with Crippen molar-refractivity contribution in [2.75, 3.05) is 18.8 Å². The normalized spacial score (nSPS) is 27.9. The second kappa shape index (κ2) is 10.6. The molecule has 5 N–H and O–H groups in total. The number of nitrogens with zero attached hydrogens (tertiary/aromatic N) is 2. The minimum atomic E-state index is -5.08. The van der Waals surface area contributed by atoms with Crippen LogP contribution in [0.25, 0.3) is 0 Å². The average molecular weight is 494 g/mol. The summed E-state index contributed by atoms with van der Waals surface area (Å²) in [5.41, 5.74) is 5.72. The highest BCUT2D eigenvalue weighted by molar-refractivity contribution is 8.00. The van der Waals surface area contributed by atoms with Gasteiger partial charge in [0.15, 0.2) is 0 Å². The lowest BCUT2D eigenvalue weighted by Gasteiger charge is -2.35. The molecule has 0 bridgehead atoms. The van der Waals surface area contributed by atoms with E-state index in [4.69, 9.17) is 30.8 Å². The predicted molar refractivity (Wildman–Crippen MR) is 97.0 cm³/mol. The third-order valence-electron chi connectivity index (χ3n) is 4.94. The molecule has 182 valence electrons. The first kappa shape index (κ1) is 27.8. The number of nitrogens with one attached hydrogen (secondary N) is 1. The predicted octanol–water partition coefficient (Wildman–Crippen LogP) is 1.15. The molecule has 16 heteroatoms. The number of carboxylic acid groups (broad SMARTS) is 2. The quantitative estimate of drug-likeness (QED) is 0.393. The zero-order valence-electron chi connectivity index (χ0n) is 16.2. The van der Waals surface area contributed by atoms with Gasteiger partial charge in [-0.1, -0.05) is 0 Å². The molecule has 0 aromatic carbocycles. The summed E-state index contributed by atoms with van der Waals surface area (Å²) in [6, 6.07) is 1.94. The molecule has 3 aliphatic heterocycles. The Morgan fingerprint density at radius 1 is 1.12 bits per heavy atom. The van der Waals surface area contributed by atoms with Gasteiger partial charge in [-0.05, 0) is 31.8 Å². The molecule has 0 spiro atoms. The van der Waals surface area contributed by atoms with Gasteiger partial charge in [0.05, 0.1) is 11.4 Å². The summed E-state index contributed by atoms with van der Waals surface area (Å²) in [5, 5.41) is 26.8. The van der Waals surface area contributed by atoms with Gasteiger partial charge in [-0.3, -0.25) is 4.79 Å². The van der Waals surface area contributed by atoms with Crippen molar-refractivity contribution in [3.8, 4) is 6.07 Å². The van der Waals surface area contributed by atoms with Gasteiger partial charge in [0.2, 0.25) is 5.91 Å². The second-order valence-electron chi connectivity index (χ2n) is 7.02. The maximum atomic E-state index is 12.6. The number of carbonyl (C=O) groups excluding carboxylic acids is 1. The number of fused-ring (bicyclic) bond motifs is 1. The number of hydrogen-bond acceptors (Lipinski definition) is 7. The molecular formula is C16H20F6N4O5S. The average Bonchev–Trinajstić information content (AvgIpc) is 3.20. The molecule has 32 heavy (non-hydrogen) atoms. The standard InChI is InChI=1S/C12H18N4OS.2C2HF3O2/c13-6-9-7-18-10-5-12(14,11(17)16(9)10)8-1-3-15-4-2-8;2*3-2(4,5)1(6)7/h8-10,15H,1-5,7,14H2;2*(H,6,7)/t9-,10?,12+;;/m1../s1. The number of rotatable bonds is 1. The van der Waals surface area contributed by atoms with E-state index in [2.05, 4.69) is 11.4 Å². The lowest BCUT2D eigenvalue weighted by Crippen LogP contribution is -2.57. The Hall–Kier alpha value is -2.25. The minimum absolute atomic E-state index is 0.0101. The fraction of sp³-hybridized carbons (Fsp3) is 0.750. The Labute approximate surface area is 181 Å². The molecule has 3 rings (SSSR count). The van der Waals surface area contributed by atoms with Crippen molar-refractivity contribution in [1.82, 2.24) is 10.2 Å². The molecular weight excluding hydrogens is 474 g/mol. The van der Waals surface area contributed by atoms with Crippen molar-refractivity contribution in [3.63, 3.8) is 0 Å². The Morgan fingerprint density at radius 3 is 1.94 bits per heavy atom. The maximum absolute atomic E-state index is 12.6. The van der Waals surface area contributed by atoms with Crippen LogP contribution in [0.5, 0.6) is 0 Å². The van der Waals surface area contributed by atoms with Gasteiger partial charge in [0, 0.05) is 12.2 Å². The summed E-state index contributed by atoms with van der Waals surface area (Å²) < 4.78 is 63.5. The van der Waals surface area contributed by atoms with Crippen molar-refractivity contribution in [2.24, 2.45) is 11.7 Å². The van der Waals surface area contributed by atoms with E-state index in [1.54, 1.807) is 16.7 Å². The number of amides is 1. The van der Waals surface area contributed by atoms with E-state index in [1.165, 1.54) is 0 Å². The highest BCUT2D eigenvalue weighted by Crippen LogP contribution is 2.45. The lowest BCUT2D eigenvalue weighted by atomic mass is 9.77. The van der Waals surface area contributed by atoms with Gasteiger partial charge in [-0.25, -0.2) is 9.59 Å². The van der Waals surface area contributed by atoms with E-state index in [1.807, 2.05) is 0 Å². The maximum Gasteiger partial charge on any atom is 0.490 e. The number of aliphatic carboxylic acids is 2. The molecule has 0 aromatic heterocycles. The zero-order chi connectivity index (χ0) is 24.9. The van der Waals surface area contributed by atoms with Crippen molar-refractivity contribution < 1.29 is 50.9 Å². The van der Waals surface area contributed by atoms with Crippen LogP contribution in [0.2, 0.25) is 0 Å². The third kappa shape index (κ3) is 6.87. The molecule has 9 nitrogen and oxygen atoms in total. The van der Waals surface area contributed by atoms with Gasteiger partial charge < -0.3 is 26.2 Å². The zero-order valence-corrected chi connectivity index (χ0v) is 17.1. The van der Waals surface area contributed by atoms with Crippen LogP contribution in [0.1, 0.15) is 19.3 Å². The molecule has 0 aromatic rings. The molecule has 3 heterocycles. The van der Waals surface area contributed by atoms with Gasteiger partial charge >= 0.3 is 24.3 Å². The SMILES string of the molecule is N#C[C@@H]1CSC2C[C@](N)(C3CCNCC3)C(=O)N21.O=C(O)C(F)(F)F.O=C(O)C(F)(F)F. The number of halogens is 6. The molecule has 3 atom stereocenters. The van der Waals surface area contributed by atoms with E-state index >= 15 is 0 Å². The highest BCUT2D eigenvalue weighted by Gasteiger charge is 2.57. The monoisotopic (exact) mass is 494 g/mol. The largest absolute Gasteiger partial charge is 0.490 e. The fourth-order valence-corrected chi connectivity index (χ4v) is 4.82. The number of hydrogen-bond donors (Lipinski definition) is 4. The number of nitrogens with two attached hydrogens (primary N) is 1. The summed E-state index contributed by atoms with van der Waals surface area (Å²) in [4.78, 5) is 32.1. The molecule has 1 amide bonds. The number of carboxylic acids is 2. The van der Waals surface area contributed by atoms with Crippen molar-refractivity contribution in [3.05, 3.63) is 0 Å². The molecule has 0 aliphatic carbocycles. The minimum Gasteiger partial charge on any atom is -0.475 e. The Morgan fingerprint density at radius 2 is 1.56 bits per heavy atom. The van der Waals surface area contributed by atoms with Crippen LogP contribution in [-0.4, -0.2) is 81.1 Å². The summed E-state index contributed by atoms with van der Waals surface area (Å²) >= 11 is 1.70. The van der Waals surface area contributed by atoms with Gasteiger partial charge in [0.25, 0.3) is 0 Å². The number of nitriles is 1. The van der Waals surface area contributed by atoms with Crippen LogP contribution < -0.4 is 11.1 Å². The number of alkyl halides is 6. The molecule has 3 aliphatic rings. The van der Waals surface area contributed by atoms with E-state index in [0.717, 1.165) is 31.7 Å². The van der Waals surface area contributed by atoms with Crippen LogP contribution >= 0.6 is 11.8 Å². The molecule has 3 fully saturated rings. The molecule has 0 radical (unpaired) electrons. The van der Waals surface area contributed by atoms with E-state index in [-0.39, 0.29) is 23.2 Å².